The summed E-state index contributed by atoms with van der Waals surface area (Å²) in [4.78, 5) is 11.9. The van der Waals surface area contributed by atoms with Gasteiger partial charge in [0.05, 0.1) is 0 Å². The number of carbonyl (C=O) groups excluding carboxylic acids is 1. The number of hydrogen-bond donors (Lipinski definition) is 2. The van der Waals surface area contributed by atoms with Gasteiger partial charge in [0.25, 0.3) is 5.91 Å². The fraction of sp³-hybridized carbons (Fsp3) is 0.417. The molecule has 0 heterocycles. The SMILES string of the molecule is Cc1ccc(Br)cc1C(=O)NCC(C)(C)N. The molecule has 1 aromatic rings. The molecule has 0 fully saturated rings. The Labute approximate surface area is 105 Å². The van der Waals surface area contributed by atoms with Crippen LogP contribution < -0.4 is 11.1 Å². The van der Waals surface area contributed by atoms with Crippen molar-refractivity contribution in [2.75, 3.05) is 6.54 Å². The Kier molecular flexibility index (Phi) is 4.10. The molecule has 0 bridgehead atoms. The Hall–Kier alpha value is -0.870. The fourth-order valence-electron chi connectivity index (χ4n) is 1.24. The highest BCUT2D eigenvalue weighted by atomic mass is 79.9. The zero-order chi connectivity index (χ0) is 12.3. The summed E-state index contributed by atoms with van der Waals surface area (Å²) in [6.45, 7) is 6.12. The van der Waals surface area contributed by atoms with E-state index in [-0.39, 0.29) is 5.91 Å². The third kappa shape index (κ3) is 3.94. The summed E-state index contributed by atoms with van der Waals surface area (Å²) in [5.41, 5.74) is 7.05. The van der Waals surface area contributed by atoms with Crippen molar-refractivity contribution < 1.29 is 4.79 Å². The molecule has 0 aromatic heterocycles. The highest BCUT2D eigenvalue weighted by Crippen LogP contribution is 2.15. The minimum absolute atomic E-state index is 0.0858. The van der Waals surface area contributed by atoms with Crippen LogP contribution in [0.2, 0.25) is 0 Å². The van der Waals surface area contributed by atoms with Gasteiger partial charge in [0.15, 0.2) is 0 Å². The number of aryl methyl sites for hydroxylation is 1. The van der Waals surface area contributed by atoms with Gasteiger partial charge in [0.1, 0.15) is 0 Å². The molecular formula is C12H17BrN2O. The highest BCUT2D eigenvalue weighted by molar-refractivity contribution is 9.10. The monoisotopic (exact) mass is 284 g/mol. The van der Waals surface area contributed by atoms with E-state index in [1.165, 1.54) is 0 Å². The van der Waals surface area contributed by atoms with Crippen LogP contribution in [0.15, 0.2) is 22.7 Å². The molecule has 0 saturated carbocycles. The summed E-state index contributed by atoms with van der Waals surface area (Å²) in [5, 5.41) is 2.82. The quantitative estimate of drug-likeness (QED) is 0.894. The number of halogens is 1. The molecule has 4 heteroatoms. The standard InChI is InChI=1S/C12H17BrN2O/c1-8-4-5-9(13)6-10(8)11(16)15-7-12(2,3)14/h4-6H,7,14H2,1-3H3,(H,15,16). The summed E-state index contributed by atoms with van der Waals surface area (Å²) in [5.74, 6) is -0.0858. The third-order valence-electron chi connectivity index (χ3n) is 2.15. The van der Waals surface area contributed by atoms with Gasteiger partial charge in [-0.25, -0.2) is 0 Å². The Balaban J connectivity index is 2.77. The molecule has 16 heavy (non-hydrogen) atoms. The molecule has 3 nitrogen and oxygen atoms in total. The van der Waals surface area contributed by atoms with Crippen LogP contribution in [0.4, 0.5) is 0 Å². The van der Waals surface area contributed by atoms with Crippen LogP contribution in [-0.2, 0) is 0 Å². The number of carbonyl (C=O) groups is 1. The number of nitrogens with one attached hydrogen (secondary N) is 1. The van der Waals surface area contributed by atoms with E-state index >= 15 is 0 Å². The van der Waals surface area contributed by atoms with Crippen molar-refractivity contribution >= 4 is 21.8 Å². The van der Waals surface area contributed by atoms with Crippen molar-refractivity contribution in [3.8, 4) is 0 Å². The number of hydrogen-bond acceptors (Lipinski definition) is 2. The fourth-order valence-corrected chi connectivity index (χ4v) is 1.60. The smallest absolute Gasteiger partial charge is 0.251 e. The number of nitrogens with two attached hydrogens (primary N) is 1. The normalized spacial score (nSPS) is 11.3. The highest BCUT2D eigenvalue weighted by Gasteiger charge is 2.14. The van der Waals surface area contributed by atoms with Crippen molar-refractivity contribution in [1.29, 1.82) is 0 Å². The minimum Gasteiger partial charge on any atom is -0.350 e. The van der Waals surface area contributed by atoms with Gasteiger partial charge in [-0.05, 0) is 38.5 Å². The second-order valence-corrected chi connectivity index (χ2v) is 5.55. The zero-order valence-corrected chi connectivity index (χ0v) is 11.4. The van der Waals surface area contributed by atoms with Crippen molar-refractivity contribution in [2.45, 2.75) is 26.3 Å². The Morgan fingerprint density at radius 3 is 2.69 bits per heavy atom. The van der Waals surface area contributed by atoms with Gasteiger partial charge in [0.2, 0.25) is 0 Å². The maximum absolute atomic E-state index is 11.9. The van der Waals surface area contributed by atoms with Gasteiger partial charge in [0, 0.05) is 22.1 Å². The van der Waals surface area contributed by atoms with Gasteiger partial charge in [-0.1, -0.05) is 22.0 Å². The van der Waals surface area contributed by atoms with E-state index in [2.05, 4.69) is 21.2 Å². The largest absolute Gasteiger partial charge is 0.350 e. The van der Waals surface area contributed by atoms with Crippen LogP contribution in [0.3, 0.4) is 0 Å². The van der Waals surface area contributed by atoms with E-state index in [4.69, 9.17) is 5.73 Å². The third-order valence-corrected chi connectivity index (χ3v) is 2.64. The lowest BCUT2D eigenvalue weighted by molar-refractivity contribution is 0.0945. The van der Waals surface area contributed by atoms with Crippen molar-refractivity contribution in [3.05, 3.63) is 33.8 Å². The summed E-state index contributed by atoms with van der Waals surface area (Å²) in [6, 6.07) is 5.64. The summed E-state index contributed by atoms with van der Waals surface area (Å²) in [6.07, 6.45) is 0. The van der Waals surface area contributed by atoms with E-state index in [0.29, 0.717) is 12.1 Å². The lowest BCUT2D eigenvalue weighted by Crippen LogP contribution is -2.45. The maximum Gasteiger partial charge on any atom is 0.251 e. The van der Waals surface area contributed by atoms with Gasteiger partial charge in [-0.3, -0.25) is 4.79 Å². The first-order valence-corrected chi connectivity index (χ1v) is 5.92. The summed E-state index contributed by atoms with van der Waals surface area (Å²) in [7, 11) is 0. The molecule has 0 saturated heterocycles. The van der Waals surface area contributed by atoms with E-state index in [1.54, 1.807) is 0 Å². The van der Waals surface area contributed by atoms with Crippen LogP contribution in [0.5, 0.6) is 0 Å². The average molecular weight is 285 g/mol. The van der Waals surface area contributed by atoms with Gasteiger partial charge < -0.3 is 11.1 Å². The van der Waals surface area contributed by atoms with Crippen LogP contribution in [0, 0.1) is 6.92 Å². The van der Waals surface area contributed by atoms with Crippen LogP contribution >= 0.6 is 15.9 Å². The Morgan fingerprint density at radius 2 is 2.12 bits per heavy atom. The van der Waals surface area contributed by atoms with Crippen molar-refractivity contribution in [3.63, 3.8) is 0 Å². The molecule has 0 atom stereocenters. The number of benzene rings is 1. The Morgan fingerprint density at radius 1 is 1.50 bits per heavy atom. The second kappa shape index (κ2) is 4.97. The van der Waals surface area contributed by atoms with E-state index in [0.717, 1.165) is 10.0 Å². The van der Waals surface area contributed by atoms with Gasteiger partial charge in [-0.2, -0.15) is 0 Å². The zero-order valence-electron chi connectivity index (χ0n) is 9.80. The van der Waals surface area contributed by atoms with Gasteiger partial charge in [-0.15, -0.1) is 0 Å². The number of amides is 1. The first-order valence-electron chi connectivity index (χ1n) is 5.13. The first-order chi connectivity index (χ1) is 7.29. The molecule has 1 rings (SSSR count). The molecular weight excluding hydrogens is 268 g/mol. The molecule has 0 radical (unpaired) electrons. The van der Waals surface area contributed by atoms with Crippen LogP contribution in [-0.4, -0.2) is 18.0 Å². The lowest BCUT2D eigenvalue weighted by Gasteiger charge is -2.19. The minimum atomic E-state index is -0.393. The molecule has 0 aliphatic heterocycles. The lowest BCUT2D eigenvalue weighted by atomic mass is 10.1. The molecule has 0 aliphatic rings. The Bertz CT molecular complexity index is 396. The molecule has 3 N–H and O–H groups in total. The molecule has 0 unspecified atom stereocenters. The molecule has 1 amide bonds. The molecule has 0 spiro atoms. The number of rotatable bonds is 3. The average Bonchev–Trinajstić information content (AvgIpc) is 2.17. The maximum atomic E-state index is 11.9. The van der Waals surface area contributed by atoms with Gasteiger partial charge >= 0.3 is 0 Å². The molecule has 0 aliphatic carbocycles. The predicted molar refractivity (Wildman–Crippen MR) is 69.5 cm³/mol. The summed E-state index contributed by atoms with van der Waals surface area (Å²) >= 11 is 3.35. The van der Waals surface area contributed by atoms with E-state index < -0.39 is 5.54 Å². The van der Waals surface area contributed by atoms with Crippen molar-refractivity contribution in [2.24, 2.45) is 5.73 Å². The topological polar surface area (TPSA) is 55.1 Å². The summed E-state index contributed by atoms with van der Waals surface area (Å²) < 4.78 is 0.898. The van der Waals surface area contributed by atoms with Crippen molar-refractivity contribution in [1.82, 2.24) is 5.32 Å². The molecule has 88 valence electrons. The predicted octanol–water partition coefficient (Wildman–Crippen LogP) is 2.22. The second-order valence-electron chi connectivity index (χ2n) is 4.63. The van der Waals surface area contributed by atoms with Crippen LogP contribution in [0.1, 0.15) is 29.8 Å². The van der Waals surface area contributed by atoms with E-state index in [1.807, 2.05) is 39.0 Å². The first kappa shape index (κ1) is 13.2. The van der Waals surface area contributed by atoms with Crippen LogP contribution in [0.25, 0.3) is 0 Å². The van der Waals surface area contributed by atoms with E-state index in [9.17, 15) is 4.79 Å². The molecule has 1 aromatic carbocycles.